The number of carbonyl (C=O) groups excluding carboxylic acids is 1. The first-order chi connectivity index (χ1) is 7.45. The van der Waals surface area contributed by atoms with Crippen molar-refractivity contribution in [1.29, 1.82) is 0 Å². The Bertz CT molecular complexity index is 447. The van der Waals surface area contributed by atoms with Crippen LogP contribution in [0.3, 0.4) is 0 Å². The van der Waals surface area contributed by atoms with Crippen LogP contribution >= 0.6 is 23.2 Å². The summed E-state index contributed by atoms with van der Waals surface area (Å²) in [6, 6.07) is 1.46. The van der Waals surface area contributed by atoms with Gasteiger partial charge in [0, 0.05) is 13.0 Å². The summed E-state index contributed by atoms with van der Waals surface area (Å²) in [6.07, 6.45) is 0. The molecule has 1 N–H and O–H groups in total. The third-order valence-corrected chi connectivity index (χ3v) is 2.32. The number of amides is 1. The molecule has 1 aromatic rings. The number of methoxy groups -OCH3 is 1. The van der Waals surface area contributed by atoms with E-state index in [1.54, 1.807) is 0 Å². The molecular formula is C10H10Cl2N2O2. The number of rotatable bonds is 3. The summed E-state index contributed by atoms with van der Waals surface area (Å²) in [6.45, 7) is 5.00. The SMILES string of the molecule is C=C(OC)c1nc(Cl)cc(NC(C)=O)c1Cl. The maximum absolute atomic E-state index is 10.9. The van der Waals surface area contributed by atoms with Gasteiger partial charge in [0.1, 0.15) is 16.6 Å². The van der Waals surface area contributed by atoms with Crippen LogP contribution in [0, 0.1) is 0 Å². The third-order valence-electron chi connectivity index (χ3n) is 1.75. The van der Waals surface area contributed by atoms with E-state index in [1.165, 1.54) is 20.1 Å². The third kappa shape index (κ3) is 2.87. The van der Waals surface area contributed by atoms with E-state index in [0.29, 0.717) is 11.4 Å². The molecule has 0 spiro atoms. The van der Waals surface area contributed by atoms with E-state index >= 15 is 0 Å². The zero-order valence-electron chi connectivity index (χ0n) is 8.80. The number of anilines is 1. The fourth-order valence-corrected chi connectivity index (χ4v) is 1.50. The van der Waals surface area contributed by atoms with Gasteiger partial charge in [0.25, 0.3) is 0 Å². The molecular weight excluding hydrogens is 251 g/mol. The second-order valence-corrected chi connectivity index (χ2v) is 3.73. The number of carbonyl (C=O) groups is 1. The predicted molar refractivity (Wildman–Crippen MR) is 64.6 cm³/mol. The molecule has 1 heterocycles. The van der Waals surface area contributed by atoms with Gasteiger partial charge in [0.05, 0.1) is 17.8 Å². The lowest BCUT2D eigenvalue weighted by Gasteiger charge is -2.11. The van der Waals surface area contributed by atoms with Gasteiger partial charge in [-0.3, -0.25) is 4.79 Å². The second-order valence-electron chi connectivity index (χ2n) is 2.96. The van der Waals surface area contributed by atoms with E-state index in [0.717, 1.165) is 0 Å². The smallest absolute Gasteiger partial charge is 0.221 e. The Morgan fingerprint density at radius 3 is 2.69 bits per heavy atom. The molecule has 0 bridgehead atoms. The number of hydrogen-bond donors (Lipinski definition) is 1. The van der Waals surface area contributed by atoms with Gasteiger partial charge in [-0.15, -0.1) is 0 Å². The highest BCUT2D eigenvalue weighted by atomic mass is 35.5. The van der Waals surface area contributed by atoms with Crippen LogP contribution < -0.4 is 5.32 Å². The lowest BCUT2D eigenvalue weighted by atomic mass is 10.3. The zero-order chi connectivity index (χ0) is 12.3. The molecule has 0 aliphatic carbocycles. The Hall–Kier alpha value is -1.26. The fourth-order valence-electron chi connectivity index (χ4n) is 1.06. The van der Waals surface area contributed by atoms with Crippen molar-refractivity contribution in [3.8, 4) is 0 Å². The normalized spacial score (nSPS) is 9.75. The lowest BCUT2D eigenvalue weighted by molar-refractivity contribution is -0.114. The molecule has 1 amide bonds. The van der Waals surface area contributed by atoms with Crippen LogP contribution in [0.2, 0.25) is 10.2 Å². The van der Waals surface area contributed by atoms with Crippen molar-refractivity contribution < 1.29 is 9.53 Å². The monoisotopic (exact) mass is 260 g/mol. The van der Waals surface area contributed by atoms with Gasteiger partial charge in [-0.05, 0) is 0 Å². The topological polar surface area (TPSA) is 51.2 Å². The van der Waals surface area contributed by atoms with Crippen molar-refractivity contribution in [2.45, 2.75) is 6.92 Å². The number of nitrogens with one attached hydrogen (secondary N) is 1. The fraction of sp³-hybridized carbons (Fsp3) is 0.200. The first-order valence-electron chi connectivity index (χ1n) is 4.32. The summed E-state index contributed by atoms with van der Waals surface area (Å²) in [5.41, 5.74) is 0.683. The highest BCUT2D eigenvalue weighted by Crippen LogP contribution is 2.31. The summed E-state index contributed by atoms with van der Waals surface area (Å²) >= 11 is 11.8. The zero-order valence-corrected chi connectivity index (χ0v) is 10.3. The van der Waals surface area contributed by atoms with Gasteiger partial charge in [-0.2, -0.15) is 0 Å². The van der Waals surface area contributed by atoms with Crippen molar-refractivity contribution in [1.82, 2.24) is 4.98 Å². The predicted octanol–water partition coefficient (Wildman–Crippen LogP) is 2.96. The highest BCUT2D eigenvalue weighted by molar-refractivity contribution is 6.36. The van der Waals surface area contributed by atoms with Crippen LogP contribution in [0.15, 0.2) is 12.6 Å². The van der Waals surface area contributed by atoms with Gasteiger partial charge in [-0.25, -0.2) is 4.98 Å². The molecule has 1 aromatic heterocycles. The van der Waals surface area contributed by atoms with Crippen molar-refractivity contribution >= 4 is 40.6 Å². The Kier molecular flexibility index (Phi) is 4.15. The average Bonchev–Trinajstić information content (AvgIpc) is 2.21. The molecule has 0 aliphatic rings. The number of hydrogen-bond acceptors (Lipinski definition) is 3. The molecule has 0 fully saturated rings. The maximum atomic E-state index is 10.9. The molecule has 0 saturated heterocycles. The van der Waals surface area contributed by atoms with Crippen LogP contribution in [0.4, 0.5) is 5.69 Å². The standard InChI is InChI=1S/C10H10Cl2N2O2/c1-5(16-3)10-9(12)7(13-6(2)15)4-8(11)14-10/h4H,1H2,2-3H3,(H,13,14,15). The summed E-state index contributed by atoms with van der Waals surface area (Å²) in [7, 11) is 1.44. The molecule has 0 aromatic carbocycles. The Balaban J connectivity index is 3.25. The van der Waals surface area contributed by atoms with Crippen molar-refractivity contribution in [2.24, 2.45) is 0 Å². The van der Waals surface area contributed by atoms with E-state index in [1.807, 2.05) is 0 Å². The van der Waals surface area contributed by atoms with E-state index < -0.39 is 0 Å². The van der Waals surface area contributed by atoms with Crippen molar-refractivity contribution in [3.05, 3.63) is 28.5 Å². The first kappa shape index (κ1) is 12.8. The quantitative estimate of drug-likeness (QED) is 0.672. The van der Waals surface area contributed by atoms with E-state index in [4.69, 9.17) is 27.9 Å². The molecule has 86 valence electrons. The molecule has 0 atom stereocenters. The highest BCUT2D eigenvalue weighted by Gasteiger charge is 2.14. The van der Waals surface area contributed by atoms with Crippen molar-refractivity contribution in [3.63, 3.8) is 0 Å². The minimum Gasteiger partial charge on any atom is -0.495 e. The first-order valence-corrected chi connectivity index (χ1v) is 5.08. The van der Waals surface area contributed by atoms with Crippen LogP contribution in [0.5, 0.6) is 0 Å². The average molecular weight is 261 g/mol. The minimum absolute atomic E-state index is 0.196. The van der Waals surface area contributed by atoms with Crippen LogP contribution in [-0.2, 0) is 9.53 Å². The number of ether oxygens (including phenoxy) is 1. The molecule has 1 rings (SSSR count). The van der Waals surface area contributed by atoms with Gasteiger partial charge in [-0.1, -0.05) is 29.8 Å². The lowest BCUT2D eigenvalue weighted by Crippen LogP contribution is -2.08. The molecule has 4 nitrogen and oxygen atoms in total. The van der Waals surface area contributed by atoms with Crippen LogP contribution in [0.1, 0.15) is 12.6 Å². The van der Waals surface area contributed by atoms with Gasteiger partial charge < -0.3 is 10.1 Å². The van der Waals surface area contributed by atoms with Gasteiger partial charge in [0.2, 0.25) is 5.91 Å². The molecule has 6 heteroatoms. The molecule has 0 aliphatic heterocycles. The number of nitrogens with zero attached hydrogens (tertiary/aromatic N) is 1. The molecule has 0 unspecified atom stereocenters. The minimum atomic E-state index is -0.252. The maximum Gasteiger partial charge on any atom is 0.221 e. The molecule has 0 saturated carbocycles. The van der Waals surface area contributed by atoms with E-state index in [2.05, 4.69) is 16.9 Å². The Labute approximate surface area is 103 Å². The largest absolute Gasteiger partial charge is 0.495 e. The van der Waals surface area contributed by atoms with Crippen LogP contribution in [0.25, 0.3) is 5.76 Å². The molecule has 0 radical (unpaired) electrons. The summed E-state index contributed by atoms with van der Waals surface area (Å²) in [5, 5.41) is 2.98. The van der Waals surface area contributed by atoms with E-state index in [9.17, 15) is 4.79 Å². The summed E-state index contributed by atoms with van der Waals surface area (Å²) in [5.74, 6) is 0.0252. The summed E-state index contributed by atoms with van der Waals surface area (Å²) in [4.78, 5) is 14.9. The molecule has 16 heavy (non-hydrogen) atoms. The second kappa shape index (κ2) is 5.18. The van der Waals surface area contributed by atoms with Gasteiger partial charge >= 0.3 is 0 Å². The number of pyridine rings is 1. The van der Waals surface area contributed by atoms with Crippen molar-refractivity contribution in [2.75, 3.05) is 12.4 Å². The van der Waals surface area contributed by atoms with E-state index in [-0.39, 0.29) is 21.8 Å². The van der Waals surface area contributed by atoms with Gasteiger partial charge in [0.15, 0.2) is 0 Å². The Morgan fingerprint density at radius 2 is 2.19 bits per heavy atom. The van der Waals surface area contributed by atoms with Crippen LogP contribution in [-0.4, -0.2) is 18.0 Å². The summed E-state index contributed by atoms with van der Waals surface area (Å²) < 4.78 is 4.92. The number of aromatic nitrogens is 1. The Morgan fingerprint density at radius 1 is 1.56 bits per heavy atom. The number of halogens is 2.